The van der Waals surface area contributed by atoms with Gasteiger partial charge in [-0.25, -0.2) is 4.79 Å². The molecule has 0 aromatic carbocycles. The Morgan fingerprint density at radius 1 is 1.11 bits per heavy atom. The number of likely N-dealkylation sites (tertiary alicyclic amines) is 1. The van der Waals surface area contributed by atoms with E-state index in [2.05, 4.69) is 15.6 Å². The minimum atomic E-state index is -1.43. The van der Waals surface area contributed by atoms with Gasteiger partial charge in [-0.15, -0.1) is 0 Å². The number of carboxylic acid groups (broad SMARTS) is 2. The van der Waals surface area contributed by atoms with Crippen LogP contribution in [-0.2, 0) is 24.0 Å². The number of aliphatic imine (C=N–C) groups is 1. The van der Waals surface area contributed by atoms with E-state index in [1.807, 2.05) is 0 Å². The molecule has 1 heterocycles. The van der Waals surface area contributed by atoms with E-state index in [9.17, 15) is 34.2 Å². The molecule has 0 aromatic heterocycles. The number of aliphatic carboxylic acids is 2. The molecule has 0 aliphatic carbocycles. The third-order valence-corrected chi connectivity index (χ3v) is 5.45. The van der Waals surface area contributed by atoms with Gasteiger partial charge in [0, 0.05) is 19.5 Å². The molecule has 1 rings (SSSR count). The van der Waals surface area contributed by atoms with E-state index in [-0.39, 0.29) is 44.7 Å². The summed E-state index contributed by atoms with van der Waals surface area (Å²) in [7, 11) is 0. The van der Waals surface area contributed by atoms with E-state index in [0.717, 1.165) is 0 Å². The van der Waals surface area contributed by atoms with Gasteiger partial charge in [-0.1, -0.05) is 0 Å². The Morgan fingerprint density at radius 3 is 2.31 bits per heavy atom. The van der Waals surface area contributed by atoms with Crippen LogP contribution in [-0.4, -0.2) is 99.2 Å². The predicted molar refractivity (Wildman–Crippen MR) is 123 cm³/mol. The number of guanidine groups is 1. The van der Waals surface area contributed by atoms with Gasteiger partial charge >= 0.3 is 11.9 Å². The number of aliphatic hydroxyl groups excluding tert-OH is 1. The molecular weight excluding hydrogens is 466 g/mol. The summed E-state index contributed by atoms with van der Waals surface area (Å²) in [6.07, 6.45) is -0.811. The molecule has 0 bridgehead atoms. The van der Waals surface area contributed by atoms with Gasteiger partial charge in [0.25, 0.3) is 0 Å². The maximum atomic E-state index is 13.1. The van der Waals surface area contributed by atoms with E-state index in [1.165, 1.54) is 11.8 Å². The zero-order valence-corrected chi connectivity index (χ0v) is 19.6. The molecular formula is C20H35N7O8. The van der Waals surface area contributed by atoms with Gasteiger partial charge in [0.2, 0.25) is 17.7 Å². The number of hydrogen-bond donors (Lipinski definition) is 8. The number of carbonyl (C=O) groups is 5. The van der Waals surface area contributed by atoms with Crippen LogP contribution in [0.3, 0.4) is 0 Å². The number of carboxylic acids is 2. The van der Waals surface area contributed by atoms with Crippen LogP contribution in [0.5, 0.6) is 0 Å². The molecule has 0 radical (unpaired) electrons. The van der Waals surface area contributed by atoms with Crippen LogP contribution in [0.15, 0.2) is 4.99 Å². The Bertz CT molecular complexity index is 815. The van der Waals surface area contributed by atoms with Crippen LogP contribution in [0, 0.1) is 0 Å². The highest BCUT2D eigenvalue weighted by atomic mass is 16.4. The van der Waals surface area contributed by atoms with Crippen LogP contribution >= 0.6 is 0 Å². The number of nitrogens with zero attached hydrogens (tertiary/aromatic N) is 2. The van der Waals surface area contributed by atoms with Gasteiger partial charge in [0.05, 0.1) is 12.1 Å². The number of hydrogen-bond acceptors (Lipinski definition) is 8. The number of amides is 3. The zero-order chi connectivity index (χ0) is 26.7. The van der Waals surface area contributed by atoms with Crippen molar-refractivity contribution in [1.82, 2.24) is 15.5 Å². The second kappa shape index (κ2) is 14.1. The summed E-state index contributed by atoms with van der Waals surface area (Å²) in [6.45, 7) is 1.61. The van der Waals surface area contributed by atoms with Crippen LogP contribution in [0.2, 0.25) is 0 Å². The molecule has 1 aliphatic rings. The molecule has 3 amide bonds. The van der Waals surface area contributed by atoms with Crippen LogP contribution < -0.4 is 27.8 Å². The quantitative estimate of drug-likeness (QED) is 0.0662. The first-order valence-electron chi connectivity index (χ1n) is 11.2. The Labute approximate surface area is 202 Å². The highest BCUT2D eigenvalue weighted by molar-refractivity contribution is 5.94. The van der Waals surface area contributed by atoms with Gasteiger partial charge in [0.1, 0.15) is 18.1 Å². The summed E-state index contributed by atoms with van der Waals surface area (Å²) in [4.78, 5) is 65.4. The average molecular weight is 502 g/mol. The van der Waals surface area contributed by atoms with Crippen LogP contribution in [0.25, 0.3) is 0 Å². The third kappa shape index (κ3) is 9.74. The van der Waals surface area contributed by atoms with E-state index >= 15 is 0 Å². The molecule has 198 valence electrons. The summed E-state index contributed by atoms with van der Waals surface area (Å²) in [5.74, 6) is -4.78. The molecule has 0 saturated carbocycles. The fraction of sp³-hybridized carbons (Fsp3) is 0.700. The van der Waals surface area contributed by atoms with Crippen molar-refractivity contribution in [2.45, 2.75) is 75.7 Å². The lowest BCUT2D eigenvalue weighted by atomic mass is 10.1. The van der Waals surface area contributed by atoms with Crippen molar-refractivity contribution in [2.24, 2.45) is 22.2 Å². The number of aliphatic hydroxyl groups is 1. The molecule has 1 saturated heterocycles. The maximum absolute atomic E-state index is 13.1. The molecule has 15 heteroatoms. The van der Waals surface area contributed by atoms with Crippen LogP contribution in [0.4, 0.5) is 0 Å². The normalized spacial score (nSPS) is 18.6. The van der Waals surface area contributed by atoms with E-state index in [4.69, 9.17) is 22.3 Å². The van der Waals surface area contributed by atoms with Crippen LogP contribution in [0.1, 0.15) is 45.4 Å². The first-order valence-corrected chi connectivity index (χ1v) is 11.2. The summed E-state index contributed by atoms with van der Waals surface area (Å²) in [5.41, 5.74) is 16.1. The first kappa shape index (κ1) is 29.6. The first-order chi connectivity index (χ1) is 16.3. The molecule has 1 aliphatic heterocycles. The lowest BCUT2D eigenvalue weighted by Gasteiger charge is -2.31. The van der Waals surface area contributed by atoms with Crippen molar-refractivity contribution in [2.75, 3.05) is 13.1 Å². The SMILES string of the molecule is CC(O)C(NC(=O)C(N)CCC(=O)O)C(=O)N1CCCC1C(=O)NC(CCCN=C(N)N)C(=O)O. The number of nitrogens with one attached hydrogen (secondary N) is 2. The zero-order valence-electron chi connectivity index (χ0n) is 19.6. The van der Waals surface area contributed by atoms with E-state index < -0.39 is 59.9 Å². The fourth-order valence-electron chi connectivity index (χ4n) is 3.57. The van der Waals surface area contributed by atoms with Gasteiger partial charge in [-0.2, -0.15) is 0 Å². The van der Waals surface area contributed by atoms with Crippen molar-refractivity contribution in [3.63, 3.8) is 0 Å². The highest BCUT2D eigenvalue weighted by Gasteiger charge is 2.40. The largest absolute Gasteiger partial charge is 0.481 e. The Kier molecular flexibility index (Phi) is 11.9. The molecule has 15 nitrogen and oxygen atoms in total. The molecule has 0 spiro atoms. The van der Waals surface area contributed by atoms with Crippen molar-refractivity contribution in [3.8, 4) is 0 Å². The third-order valence-electron chi connectivity index (χ3n) is 5.45. The van der Waals surface area contributed by atoms with Gasteiger partial charge < -0.3 is 48.1 Å². The van der Waals surface area contributed by atoms with Crippen molar-refractivity contribution in [1.29, 1.82) is 0 Å². The van der Waals surface area contributed by atoms with Gasteiger partial charge in [0.15, 0.2) is 5.96 Å². The van der Waals surface area contributed by atoms with Gasteiger partial charge in [-0.05, 0) is 39.0 Å². The predicted octanol–water partition coefficient (Wildman–Crippen LogP) is -3.34. The molecule has 1 fully saturated rings. The topological polar surface area (TPSA) is 264 Å². The molecule has 5 atom stereocenters. The maximum Gasteiger partial charge on any atom is 0.326 e. The monoisotopic (exact) mass is 501 g/mol. The molecule has 11 N–H and O–H groups in total. The van der Waals surface area contributed by atoms with Crippen molar-refractivity contribution in [3.05, 3.63) is 0 Å². The molecule has 5 unspecified atom stereocenters. The molecule has 0 aromatic rings. The summed E-state index contributed by atoms with van der Waals surface area (Å²) < 4.78 is 0. The lowest BCUT2D eigenvalue weighted by Crippen LogP contribution is -2.59. The fourth-order valence-corrected chi connectivity index (χ4v) is 3.57. The van der Waals surface area contributed by atoms with Gasteiger partial charge in [-0.3, -0.25) is 24.2 Å². The smallest absolute Gasteiger partial charge is 0.326 e. The number of rotatable bonds is 14. The van der Waals surface area contributed by atoms with Crippen molar-refractivity contribution >= 4 is 35.6 Å². The van der Waals surface area contributed by atoms with Crippen molar-refractivity contribution < 1.29 is 39.3 Å². The minimum absolute atomic E-state index is 0.0547. The number of carbonyl (C=O) groups excluding carboxylic acids is 3. The summed E-state index contributed by atoms with van der Waals surface area (Å²) in [5, 5.41) is 33.0. The Balaban J connectivity index is 2.84. The second-order valence-corrected chi connectivity index (χ2v) is 8.30. The number of nitrogens with two attached hydrogens (primary N) is 3. The summed E-state index contributed by atoms with van der Waals surface area (Å²) in [6, 6.07) is -4.87. The summed E-state index contributed by atoms with van der Waals surface area (Å²) >= 11 is 0. The standard InChI is InChI=1S/C20H35N7O8/c1-10(28)15(26-16(31)11(21)6-7-14(29)30)18(33)27-9-3-5-13(27)17(32)25-12(19(34)35)4-2-8-24-20(22)23/h10-13,15,28H,2-9,21H2,1H3,(H,25,32)(H,26,31)(H,29,30)(H,34,35)(H4,22,23,24). The second-order valence-electron chi connectivity index (χ2n) is 8.30. The Hall–Kier alpha value is -3.46. The van der Waals surface area contributed by atoms with E-state index in [0.29, 0.717) is 12.8 Å². The minimum Gasteiger partial charge on any atom is -0.481 e. The Morgan fingerprint density at radius 2 is 1.77 bits per heavy atom. The molecule has 35 heavy (non-hydrogen) atoms. The van der Waals surface area contributed by atoms with E-state index in [1.54, 1.807) is 0 Å². The average Bonchev–Trinajstić information content (AvgIpc) is 3.26. The lowest BCUT2D eigenvalue weighted by molar-refractivity contribution is -0.146. The highest BCUT2D eigenvalue weighted by Crippen LogP contribution is 2.20.